The average Bonchev–Trinajstić information content (AvgIpc) is 2.54. The van der Waals surface area contributed by atoms with Gasteiger partial charge in [0.1, 0.15) is 0 Å². The standard InChI is InChI=1S/C11H22N2O2/c1-11(2,3)12-6-4-10(14)13-9-5-7-15-8-9/h9,12H,4-8H2,1-3H3,(H,13,14). The third kappa shape index (κ3) is 5.74. The van der Waals surface area contributed by atoms with Crippen LogP contribution in [0.15, 0.2) is 0 Å². The lowest BCUT2D eigenvalue weighted by molar-refractivity contribution is -0.121. The van der Waals surface area contributed by atoms with Gasteiger partial charge in [-0.2, -0.15) is 0 Å². The molecule has 1 heterocycles. The number of nitrogens with one attached hydrogen (secondary N) is 2. The van der Waals surface area contributed by atoms with Gasteiger partial charge in [-0.25, -0.2) is 0 Å². The van der Waals surface area contributed by atoms with Crippen LogP contribution in [-0.2, 0) is 9.53 Å². The van der Waals surface area contributed by atoms with Crippen LogP contribution in [0.2, 0.25) is 0 Å². The molecule has 0 spiro atoms. The number of hydrogen-bond acceptors (Lipinski definition) is 3. The van der Waals surface area contributed by atoms with E-state index in [1.165, 1.54) is 0 Å². The fourth-order valence-corrected chi connectivity index (χ4v) is 1.50. The van der Waals surface area contributed by atoms with E-state index in [1.54, 1.807) is 0 Å². The van der Waals surface area contributed by atoms with Gasteiger partial charge >= 0.3 is 0 Å². The number of hydrogen-bond donors (Lipinski definition) is 2. The van der Waals surface area contributed by atoms with Gasteiger partial charge in [0, 0.05) is 25.1 Å². The van der Waals surface area contributed by atoms with Gasteiger partial charge in [0.05, 0.1) is 12.6 Å². The molecule has 88 valence electrons. The normalized spacial score (nSPS) is 21.7. The van der Waals surface area contributed by atoms with Crippen molar-refractivity contribution in [3.8, 4) is 0 Å². The van der Waals surface area contributed by atoms with Crippen LogP contribution in [0.4, 0.5) is 0 Å². The number of amides is 1. The van der Waals surface area contributed by atoms with Crippen molar-refractivity contribution in [3.63, 3.8) is 0 Å². The predicted octanol–water partition coefficient (Wildman–Crippen LogP) is 0.670. The minimum absolute atomic E-state index is 0.0801. The second-order valence-electron chi connectivity index (χ2n) is 5.05. The van der Waals surface area contributed by atoms with Gasteiger partial charge < -0.3 is 15.4 Å². The zero-order chi connectivity index (χ0) is 11.3. The third-order valence-corrected chi connectivity index (χ3v) is 2.30. The number of carbonyl (C=O) groups excluding carboxylic acids is 1. The zero-order valence-electron chi connectivity index (χ0n) is 9.93. The molecule has 4 nitrogen and oxygen atoms in total. The van der Waals surface area contributed by atoms with Gasteiger partial charge in [-0.05, 0) is 27.2 Å². The van der Waals surface area contributed by atoms with Crippen LogP contribution in [0.1, 0.15) is 33.6 Å². The molecule has 1 rings (SSSR count). The van der Waals surface area contributed by atoms with Crippen LogP contribution < -0.4 is 10.6 Å². The molecule has 4 heteroatoms. The van der Waals surface area contributed by atoms with Crippen molar-refractivity contribution in [3.05, 3.63) is 0 Å². The second kappa shape index (κ2) is 5.47. The Morgan fingerprint density at radius 3 is 2.73 bits per heavy atom. The summed E-state index contributed by atoms with van der Waals surface area (Å²) in [5, 5.41) is 6.25. The summed E-state index contributed by atoms with van der Waals surface area (Å²) in [7, 11) is 0. The van der Waals surface area contributed by atoms with Crippen molar-refractivity contribution in [2.45, 2.75) is 45.2 Å². The Balaban J connectivity index is 2.08. The molecule has 0 radical (unpaired) electrons. The van der Waals surface area contributed by atoms with E-state index in [1.807, 2.05) is 0 Å². The van der Waals surface area contributed by atoms with Crippen LogP contribution in [0.5, 0.6) is 0 Å². The molecule has 0 aromatic carbocycles. The zero-order valence-corrected chi connectivity index (χ0v) is 9.93. The van der Waals surface area contributed by atoms with E-state index in [0.717, 1.165) is 19.6 Å². The predicted molar refractivity (Wildman–Crippen MR) is 59.7 cm³/mol. The Morgan fingerprint density at radius 1 is 1.47 bits per heavy atom. The molecule has 0 saturated carbocycles. The smallest absolute Gasteiger partial charge is 0.221 e. The maximum absolute atomic E-state index is 11.5. The van der Waals surface area contributed by atoms with Crippen LogP contribution >= 0.6 is 0 Å². The van der Waals surface area contributed by atoms with E-state index in [2.05, 4.69) is 31.4 Å². The van der Waals surface area contributed by atoms with E-state index < -0.39 is 0 Å². The van der Waals surface area contributed by atoms with Crippen molar-refractivity contribution in [1.29, 1.82) is 0 Å². The maximum atomic E-state index is 11.5. The monoisotopic (exact) mass is 214 g/mol. The Labute approximate surface area is 91.8 Å². The Morgan fingerprint density at radius 2 is 2.20 bits per heavy atom. The molecule has 15 heavy (non-hydrogen) atoms. The summed E-state index contributed by atoms with van der Waals surface area (Å²) in [5.41, 5.74) is 0.0801. The van der Waals surface area contributed by atoms with Gasteiger partial charge in [0.25, 0.3) is 0 Å². The van der Waals surface area contributed by atoms with E-state index in [0.29, 0.717) is 13.0 Å². The molecule has 0 bridgehead atoms. The Hall–Kier alpha value is -0.610. The van der Waals surface area contributed by atoms with Crippen LogP contribution in [-0.4, -0.2) is 37.2 Å². The van der Waals surface area contributed by atoms with E-state index >= 15 is 0 Å². The van der Waals surface area contributed by atoms with Crippen molar-refractivity contribution >= 4 is 5.91 Å². The van der Waals surface area contributed by atoms with Gasteiger partial charge in [-0.15, -0.1) is 0 Å². The average molecular weight is 214 g/mol. The first-order valence-corrected chi connectivity index (χ1v) is 5.59. The number of carbonyl (C=O) groups is 1. The lowest BCUT2D eigenvalue weighted by Gasteiger charge is -2.20. The highest BCUT2D eigenvalue weighted by Gasteiger charge is 2.17. The minimum atomic E-state index is 0.0801. The molecule has 1 aliphatic heterocycles. The summed E-state index contributed by atoms with van der Waals surface area (Å²) in [5.74, 6) is 0.113. The SMILES string of the molecule is CC(C)(C)NCCC(=O)NC1CCOC1. The van der Waals surface area contributed by atoms with E-state index in [4.69, 9.17) is 4.74 Å². The fraction of sp³-hybridized carbons (Fsp3) is 0.909. The summed E-state index contributed by atoms with van der Waals surface area (Å²) in [6, 6.07) is 0.229. The van der Waals surface area contributed by atoms with Gasteiger partial charge in [0.15, 0.2) is 0 Å². The molecule has 1 atom stereocenters. The summed E-state index contributed by atoms with van der Waals surface area (Å²) in [6.45, 7) is 8.44. The van der Waals surface area contributed by atoms with Crippen molar-refractivity contribution < 1.29 is 9.53 Å². The third-order valence-electron chi connectivity index (χ3n) is 2.30. The number of ether oxygens (including phenoxy) is 1. The molecule has 1 saturated heterocycles. The summed E-state index contributed by atoms with van der Waals surface area (Å²) in [6.07, 6.45) is 1.48. The lowest BCUT2D eigenvalue weighted by atomic mass is 10.1. The highest BCUT2D eigenvalue weighted by molar-refractivity contribution is 5.76. The highest BCUT2D eigenvalue weighted by atomic mass is 16.5. The van der Waals surface area contributed by atoms with Gasteiger partial charge in [-0.1, -0.05) is 0 Å². The van der Waals surface area contributed by atoms with Crippen LogP contribution in [0, 0.1) is 0 Å². The van der Waals surface area contributed by atoms with Gasteiger partial charge in [-0.3, -0.25) is 4.79 Å². The summed E-state index contributed by atoms with van der Waals surface area (Å²) >= 11 is 0. The second-order valence-corrected chi connectivity index (χ2v) is 5.05. The quantitative estimate of drug-likeness (QED) is 0.723. The molecule has 2 N–H and O–H groups in total. The number of rotatable bonds is 4. The van der Waals surface area contributed by atoms with Crippen molar-refractivity contribution in [2.24, 2.45) is 0 Å². The molecule has 0 aliphatic carbocycles. The molecule has 0 aromatic rings. The van der Waals surface area contributed by atoms with E-state index in [9.17, 15) is 4.79 Å². The van der Waals surface area contributed by atoms with Crippen LogP contribution in [0.3, 0.4) is 0 Å². The van der Waals surface area contributed by atoms with Crippen molar-refractivity contribution in [1.82, 2.24) is 10.6 Å². The Kier molecular flexibility index (Phi) is 4.54. The first kappa shape index (κ1) is 12.5. The minimum Gasteiger partial charge on any atom is -0.379 e. The summed E-state index contributed by atoms with van der Waals surface area (Å²) in [4.78, 5) is 11.5. The lowest BCUT2D eigenvalue weighted by Crippen LogP contribution is -2.40. The first-order chi connectivity index (χ1) is 6.97. The maximum Gasteiger partial charge on any atom is 0.221 e. The highest BCUT2D eigenvalue weighted by Crippen LogP contribution is 2.03. The fourth-order valence-electron chi connectivity index (χ4n) is 1.50. The molecular formula is C11H22N2O2. The first-order valence-electron chi connectivity index (χ1n) is 5.59. The largest absolute Gasteiger partial charge is 0.379 e. The summed E-state index contributed by atoms with van der Waals surface area (Å²) < 4.78 is 5.19. The van der Waals surface area contributed by atoms with E-state index in [-0.39, 0.29) is 17.5 Å². The molecule has 0 aromatic heterocycles. The topological polar surface area (TPSA) is 50.4 Å². The van der Waals surface area contributed by atoms with Gasteiger partial charge in [0.2, 0.25) is 5.91 Å². The molecule has 1 aliphatic rings. The molecule has 1 unspecified atom stereocenters. The van der Waals surface area contributed by atoms with Crippen LogP contribution in [0.25, 0.3) is 0 Å². The molecule has 1 fully saturated rings. The van der Waals surface area contributed by atoms with Crippen molar-refractivity contribution in [2.75, 3.05) is 19.8 Å². The molecular weight excluding hydrogens is 192 g/mol. The Bertz CT molecular complexity index is 205. The molecule has 1 amide bonds.